The van der Waals surface area contributed by atoms with Gasteiger partial charge in [-0.3, -0.25) is 14.5 Å². The van der Waals surface area contributed by atoms with Gasteiger partial charge in [-0.2, -0.15) is 0 Å². The molecule has 0 spiro atoms. The molecule has 3 N–H and O–H groups in total. The zero-order valence-corrected chi connectivity index (χ0v) is 23.8. The fourth-order valence-electron chi connectivity index (χ4n) is 7.05. The third-order valence-corrected chi connectivity index (χ3v) is 9.35. The van der Waals surface area contributed by atoms with Crippen LogP contribution >= 0.6 is 0 Å². The van der Waals surface area contributed by atoms with Crippen molar-refractivity contribution < 1.29 is 24.2 Å². The molecule has 5 atom stereocenters. The van der Waals surface area contributed by atoms with Crippen LogP contribution < -0.4 is 15.4 Å². The van der Waals surface area contributed by atoms with E-state index < -0.39 is 12.2 Å². The highest BCUT2D eigenvalue weighted by Crippen LogP contribution is 2.31. The summed E-state index contributed by atoms with van der Waals surface area (Å²) in [6.45, 7) is 2.18. The summed E-state index contributed by atoms with van der Waals surface area (Å²) in [7, 11) is 0. The highest BCUT2D eigenvalue weighted by atomic mass is 16.5. The van der Waals surface area contributed by atoms with E-state index in [-0.39, 0.29) is 36.5 Å². The molecule has 2 amide bonds. The molecule has 2 saturated heterocycles. The van der Waals surface area contributed by atoms with Crippen LogP contribution in [0.15, 0.2) is 48.5 Å². The molecule has 2 aromatic carbocycles. The molecular weight excluding hydrogens is 518 g/mol. The quantitative estimate of drug-likeness (QED) is 0.526. The zero-order valence-electron chi connectivity index (χ0n) is 23.8. The fourth-order valence-corrected chi connectivity index (χ4v) is 7.05. The minimum absolute atomic E-state index is 0.0428. The SMILES string of the molecule is O=C1N[C@H]2C[C@@H](C(=O)NC[C@H]3O[C@H](CCOc4cc(-c5ccccc5)ccc41)CC[C@@H]3O)N(CC1CCCCC1)C2. The van der Waals surface area contributed by atoms with E-state index >= 15 is 0 Å². The fraction of sp³-hybridized carbons (Fsp3) is 0.576. The molecule has 41 heavy (non-hydrogen) atoms. The lowest BCUT2D eigenvalue weighted by molar-refractivity contribution is -0.133. The second kappa shape index (κ2) is 12.9. The Kier molecular flexibility index (Phi) is 8.89. The number of carbonyl (C=O) groups is 2. The van der Waals surface area contributed by atoms with Crippen molar-refractivity contribution in [2.75, 3.05) is 26.2 Å². The lowest BCUT2D eigenvalue weighted by Gasteiger charge is -2.35. The molecule has 220 valence electrons. The van der Waals surface area contributed by atoms with Crippen LogP contribution in [0.4, 0.5) is 0 Å². The Morgan fingerprint density at radius 1 is 0.927 bits per heavy atom. The van der Waals surface area contributed by atoms with Crippen molar-refractivity contribution in [1.29, 1.82) is 0 Å². The minimum atomic E-state index is -0.602. The number of nitrogens with one attached hydrogen (secondary N) is 2. The standard InChI is InChI=1S/C33H43N3O5/c37-29-14-12-26-15-16-40-30-17-24(23-9-5-2-6-10-23)11-13-27(30)32(38)35-25-18-28(33(39)34-19-31(29)41-26)36(21-25)20-22-7-3-1-4-8-22/h2,5-6,9-11,13,17,22,25-26,28-29,31,37H,1,3-4,7-8,12,14-16,18-21H2,(H,34,39)(H,35,38)/t25-,26-,28-,29-,31+/m0/s1. The van der Waals surface area contributed by atoms with Gasteiger partial charge in [0.05, 0.1) is 30.4 Å². The van der Waals surface area contributed by atoms with E-state index in [9.17, 15) is 14.7 Å². The molecule has 3 aliphatic heterocycles. The molecule has 8 nitrogen and oxygen atoms in total. The maximum atomic E-state index is 13.7. The lowest BCUT2D eigenvalue weighted by Crippen LogP contribution is -2.50. The van der Waals surface area contributed by atoms with Crippen molar-refractivity contribution in [2.45, 2.75) is 88.2 Å². The number of fused-ring (bicyclic) bond motifs is 5. The maximum Gasteiger partial charge on any atom is 0.255 e. The Bertz CT molecular complexity index is 1200. The van der Waals surface area contributed by atoms with Crippen LogP contribution in [-0.2, 0) is 9.53 Å². The average Bonchev–Trinajstić information content (AvgIpc) is 3.39. The first kappa shape index (κ1) is 28.2. The summed E-state index contributed by atoms with van der Waals surface area (Å²) in [5, 5.41) is 16.9. The Hall–Kier alpha value is -2.94. The number of rotatable bonds is 3. The summed E-state index contributed by atoms with van der Waals surface area (Å²) in [5.74, 6) is 0.915. The summed E-state index contributed by atoms with van der Waals surface area (Å²) in [4.78, 5) is 29.4. The molecule has 2 aromatic rings. The van der Waals surface area contributed by atoms with E-state index in [0.29, 0.717) is 49.6 Å². The number of amides is 2. The van der Waals surface area contributed by atoms with Gasteiger partial charge in [0.1, 0.15) is 11.9 Å². The Morgan fingerprint density at radius 2 is 1.76 bits per heavy atom. The summed E-state index contributed by atoms with van der Waals surface area (Å²) in [6.07, 6.45) is 7.59. The van der Waals surface area contributed by atoms with Crippen molar-refractivity contribution in [3.63, 3.8) is 0 Å². The molecule has 3 heterocycles. The number of aliphatic hydroxyl groups is 1. The predicted molar refractivity (Wildman–Crippen MR) is 157 cm³/mol. The molecule has 0 unspecified atom stereocenters. The van der Waals surface area contributed by atoms with Crippen LogP contribution in [0, 0.1) is 5.92 Å². The van der Waals surface area contributed by atoms with E-state index in [2.05, 4.69) is 15.5 Å². The number of likely N-dealkylation sites (tertiary alicyclic amines) is 1. The first-order valence-corrected chi connectivity index (χ1v) is 15.5. The van der Waals surface area contributed by atoms with Crippen LogP contribution in [0.1, 0.15) is 68.1 Å². The van der Waals surface area contributed by atoms with Gasteiger partial charge in [0.2, 0.25) is 5.91 Å². The molecule has 3 fully saturated rings. The largest absolute Gasteiger partial charge is 0.493 e. The summed E-state index contributed by atoms with van der Waals surface area (Å²) < 4.78 is 12.5. The number of hydrogen-bond donors (Lipinski definition) is 3. The third kappa shape index (κ3) is 6.76. The van der Waals surface area contributed by atoms with E-state index in [0.717, 1.165) is 24.1 Å². The van der Waals surface area contributed by atoms with Crippen LogP contribution in [-0.4, -0.2) is 78.5 Å². The minimum Gasteiger partial charge on any atom is -0.493 e. The van der Waals surface area contributed by atoms with E-state index in [4.69, 9.17) is 9.47 Å². The third-order valence-electron chi connectivity index (χ3n) is 9.35. The average molecular weight is 562 g/mol. The number of hydrogen-bond acceptors (Lipinski definition) is 6. The zero-order chi connectivity index (χ0) is 28.2. The van der Waals surface area contributed by atoms with Crippen LogP contribution in [0.5, 0.6) is 5.75 Å². The molecule has 8 heteroatoms. The molecule has 4 aliphatic rings. The van der Waals surface area contributed by atoms with Crippen LogP contribution in [0.2, 0.25) is 0 Å². The number of benzene rings is 2. The van der Waals surface area contributed by atoms with Crippen molar-refractivity contribution in [3.8, 4) is 16.9 Å². The molecule has 1 saturated carbocycles. The van der Waals surface area contributed by atoms with E-state index in [1.807, 2.05) is 48.5 Å². The van der Waals surface area contributed by atoms with Gasteiger partial charge in [-0.05, 0) is 61.3 Å². The molecule has 6 rings (SSSR count). The number of nitrogens with zero attached hydrogens (tertiary/aromatic N) is 1. The monoisotopic (exact) mass is 561 g/mol. The normalized spacial score (nSPS) is 30.1. The summed E-state index contributed by atoms with van der Waals surface area (Å²) in [5.41, 5.74) is 2.54. The molecule has 0 radical (unpaired) electrons. The van der Waals surface area contributed by atoms with Gasteiger partial charge in [0, 0.05) is 32.1 Å². The van der Waals surface area contributed by atoms with Crippen molar-refractivity contribution in [2.24, 2.45) is 5.92 Å². The Morgan fingerprint density at radius 3 is 2.59 bits per heavy atom. The van der Waals surface area contributed by atoms with E-state index in [1.54, 1.807) is 0 Å². The number of carbonyl (C=O) groups excluding carboxylic acids is 2. The number of ether oxygens (including phenoxy) is 2. The first-order valence-electron chi connectivity index (χ1n) is 15.5. The van der Waals surface area contributed by atoms with Crippen molar-refractivity contribution in [3.05, 3.63) is 54.1 Å². The second-order valence-corrected chi connectivity index (χ2v) is 12.3. The van der Waals surface area contributed by atoms with Gasteiger partial charge >= 0.3 is 0 Å². The molecule has 1 aliphatic carbocycles. The van der Waals surface area contributed by atoms with Gasteiger partial charge in [0.15, 0.2) is 0 Å². The van der Waals surface area contributed by atoms with Gasteiger partial charge in [0.25, 0.3) is 5.91 Å². The predicted octanol–water partition coefficient (Wildman–Crippen LogP) is 3.91. The Labute approximate surface area is 242 Å². The maximum absolute atomic E-state index is 13.7. The topological polar surface area (TPSA) is 100 Å². The molecule has 4 bridgehead atoms. The molecular formula is C33H43N3O5. The Balaban J connectivity index is 1.27. The van der Waals surface area contributed by atoms with E-state index in [1.165, 1.54) is 32.1 Å². The van der Waals surface area contributed by atoms with Gasteiger partial charge < -0.3 is 25.2 Å². The van der Waals surface area contributed by atoms with Gasteiger partial charge in [-0.1, -0.05) is 55.7 Å². The summed E-state index contributed by atoms with van der Waals surface area (Å²) >= 11 is 0. The second-order valence-electron chi connectivity index (χ2n) is 12.3. The number of aliphatic hydroxyl groups excluding tert-OH is 1. The smallest absolute Gasteiger partial charge is 0.255 e. The highest BCUT2D eigenvalue weighted by Gasteiger charge is 2.40. The van der Waals surface area contributed by atoms with Crippen molar-refractivity contribution in [1.82, 2.24) is 15.5 Å². The van der Waals surface area contributed by atoms with Gasteiger partial charge in [-0.15, -0.1) is 0 Å². The highest BCUT2D eigenvalue weighted by molar-refractivity contribution is 5.98. The summed E-state index contributed by atoms with van der Waals surface area (Å²) in [6, 6.07) is 15.4. The van der Waals surface area contributed by atoms with Crippen molar-refractivity contribution >= 4 is 11.8 Å². The van der Waals surface area contributed by atoms with Crippen LogP contribution in [0.25, 0.3) is 11.1 Å². The first-order chi connectivity index (χ1) is 20.0. The van der Waals surface area contributed by atoms with Crippen LogP contribution in [0.3, 0.4) is 0 Å². The lowest BCUT2D eigenvalue weighted by atomic mass is 9.89. The molecule has 0 aromatic heterocycles. The van der Waals surface area contributed by atoms with Gasteiger partial charge in [-0.25, -0.2) is 0 Å².